The van der Waals surface area contributed by atoms with Crippen molar-refractivity contribution in [1.29, 1.82) is 10.5 Å². The van der Waals surface area contributed by atoms with E-state index in [4.69, 9.17) is 15.3 Å². The summed E-state index contributed by atoms with van der Waals surface area (Å²) in [6.45, 7) is 0. The molecular weight excluding hydrogens is 242 g/mol. The summed E-state index contributed by atoms with van der Waals surface area (Å²) >= 11 is 0. The Labute approximate surface area is 110 Å². The Morgan fingerprint density at radius 1 is 1.26 bits per heavy atom. The van der Waals surface area contributed by atoms with Gasteiger partial charge in [0.15, 0.2) is 5.88 Å². The molecule has 0 atom stereocenters. The maximum Gasteiger partial charge on any atom is 0.196 e. The number of aromatic hydroxyl groups is 1. The summed E-state index contributed by atoms with van der Waals surface area (Å²) in [5.41, 5.74) is 1.12. The SMILES string of the molecule is CN(C)C1=CC(=C(C#N)C#N)c2ccc(O)cc2O1. The number of hydrogen-bond acceptors (Lipinski definition) is 5. The average Bonchev–Trinajstić information content (AvgIpc) is 2.39. The summed E-state index contributed by atoms with van der Waals surface area (Å²) in [5, 5.41) is 27.5. The molecule has 0 aliphatic carbocycles. The average molecular weight is 253 g/mol. The van der Waals surface area contributed by atoms with Gasteiger partial charge in [-0.2, -0.15) is 10.5 Å². The molecule has 1 aliphatic rings. The Morgan fingerprint density at radius 2 is 1.95 bits per heavy atom. The predicted octanol–water partition coefficient (Wildman–Crippen LogP) is 1.99. The highest BCUT2D eigenvalue weighted by atomic mass is 16.5. The molecule has 0 bridgehead atoms. The van der Waals surface area contributed by atoms with Gasteiger partial charge in [0.25, 0.3) is 0 Å². The number of benzene rings is 1. The van der Waals surface area contributed by atoms with E-state index in [2.05, 4.69) is 0 Å². The molecule has 19 heavy (non-hydrogen) atoms. The van der Waals surface area contributed by atoms with E-state index in [9.17, 15) is 5.11 Å². The number of nitriles is 2. The second-order valence-corrected chi connectivity index (χ2v) is 4.17. The van der Waals surface area contributed by atoms with Crippen LogP contribution in [0.4, 0.5) is 0 Å². The van der Waals surface area contributed by atoms with Crippen LogP contribution in [0.3, 0.4) is 0 Å². The molecule has 0 fully saturated rings. The van der Waals surface area contributed by atoms with Gasteiger partial charge in [-0.3, -0.25) is 0 Å². The second kappa shape index (κ2) is 4.75. The molecule has 1 aromatic carbocycles. The van der Waals surface area contributed by atoms with Crippen LogP contribution in [0.2, 0.25) is 0 Å². The summed E-state index contributed by atoms with van der Waals surface area (Å²) in [7, 11) is 3.57. The monoisotopic (exact) mass is 253 g/mol. The molecule has 0 saturated carbocycles. The highest BCUT2D eigenvalue weighted by molar-refractivity contribution is 5.86. The Balaban J connectivity index is 2.71. The fourth-order valence-corrected chi connectivity index (χ4v) is 1.73. The van der Waals surface area contributed by atoms with Gasteiger partial charge in [0.05, 0.1) is 0 Å². The molecule has 0 saturated heterocycles. The van der Waals surface area contributed by atoms with Gasteiger partial charge in [-0.15, -0.1) is 0 Å². The van der Waals surface area contributed by atoms with Crippen molar-refractivity contribution >= 4 is 5.57 Å². The van der Waals surface area contributed by atoms with Crippen LogP contribution in [-0.4, -0.2) is 24.1 Å². The number of nitrogens with zero attached hydrogens (tertiary/aromatic N) is 3. The molecule has 1 heterocycles. The minimum absolute atomic E-state index is 0.00888. The lowest BCUT2D eigenvalue weighted by atomic mass is 9.98. The fourth-order valence-electron chi connectivity index (χ4n) is 1.73. The van der Waals surface area contributed by atoms with E-state index < -0.39 is 0 Å². The van der Waals surface area contributed by atoms with Gasteiger partial charge in [0.2, 0.25) is 0 Å². The van der Waals surface area contributed by atoms with Crippen LogP contribution < -0.4 is 4.74 Å². The number of phenolic OH excluding ortho intramolecular Hbond substituents is 1. The van der Waals surface area contributed by atoms with Gasteiger partial charge in [-0.05, 0) is 12.1 Å². The standard InChI is InChI=1S/C14H11N3O2/c1-17(2)14-6-12(9(7-15)8-16)11-4-3-10(18)5-13(11)19-14/h3-6,18H,1-2H3. The van der Waals surface area contributed by atoms with Gasteiger partial charge in [0.1, 0.15) is 29.2 Å². The van der Waals surface area contributed by atoms with Crippen molar-refractivity contribution in [3.63, 3.8) is 0 Å². The van der Waals surface area contributed by atoms with E-state index in [1.54, 1.807) is 31.1 Å². The lowest BCUT2D eigenvalue weighted by molar-refractivity contribution is 0.277. The van der Waals surface area contributed by atoms with Crippen LogP contribution in [0.25, 0.3) is 5.57 Å². The van der Waals surface area contributed by atoms with Gasteiger partial charge >= 0.3 is 0 Å². The summed E-state index contributed by atoms with van der Waals surface area (Å²) in [6, 6.07) is 8.32. The van der Waals surface area contributed by atoms with E-state index in [1.807, 2.05) is 12.1 Å². The first-order valence-corrected chi connectivity index (χ1v) is 5.51. The maximum atomic E-state index is 9.49. The van der Waals surface area contributed by atoms with Crippen molar-refractivity contribution in [2.75, 3.05) is 14.1 Å². The topological polar surface area (TPSA) is 80.3 Å². The first-order chi connectivity index (χ1) is 9.06. The third-order valence-corrected chi connectivity index (χ3v) is 2.67. The molecule has 1 N–H and O–H groups in total. The van der Waals surface area contributed by atoms with Crippen molar-refractivity contribution in [1.82, 2.24) is 4.90 Å². The minimum atomic E-state index is 0.00888. The quantitative estimate of drug-likeness (QED) is 0.774. The zero-order chi connectivity index (χ0) is 14.0. The highest BCUT2D eigenvalue weighted by Crippen LogP contribution is 2.37. The van der Waals surface area contributed by atoms with Gasteiger partial charge < -0.3 is 14.7 Å². The lowest BCUT2D eigenvalue weighted by Crippen LogP contribution is -2.19. The van der Waals surface area contributed by atoms with Crippen molar-refractivity contribution in [3.05, 3.63) is 41.3 Å². The van der Waals surface area contributed by atoms with Crippen LogP contribution in [0.5, 0.6) is 11.5 Å². The summed E-state index contributed by atoms with van der Waals surface area (Å²) in [5.74, 6) is 0.980. The summed E-state index contributed by atoms with van der Waals surface area (Å²) < 4.78 is 5.62. The highest BCUT2D eigenvalue weighted by Gasteiger charge is 2.21. The number of allylic oxidation sites excluding steroid dienone is 3. The Hall–Kier alpha value is -2.92. The molecule has 0 aromatic heterocycles. The van der Waals surface area contributed by atoms with E-state index >= 15 is 0 Å². The number of phenols is 1. The van der Waals surface area contributed by atoms with Gasteiger partial charge in [0, 0.05) is 37.4 Å². The maximum absolute atomic E-state index is 9.49. The fraction of sp³-hybridized carbons (Fsp3) is 0.143. The van der Waals surface area contributed by atoms with Crippen LogP contribution in [0, 0.1) is 22.7 Å². The Kier molecular flexibility index (Phi) is 3.14. The molecule has 5 heteroatoms. The minimum Gasteiger partial charge on any atom is -0.508 e. The molecule has 0 spiro atoms. The Bertz CT molecular complexity index is 657. The molecule has 94 valence electrons. The van der Waals surface area contributed by atoms with Gasteiger partial charge in [-0.1, -0.05) is 0 Å². The zero-order valence-corrected chi connectivity index (χ0v) is 10.5. The Morgan fingerprint density at radius 3 is 2.53 bits per heavy atom. The van der Waals surface area contributed by atoms with Crippen LogP contribution in [0.1, 0.15) is 5.56 Å². The molecule has 1 aliphatic heterocycles. The molecule has 0 amide bonds. The third-order valence-electron chi connectivity index (χ3n) is 2.67. The van der Waals surface area contributed by atoms with Gasteiger partial charge in [-0.25, -0.2) is 0 Å². The molecule has 1 aromatic rings. The normalized spacial score (nSPS) is 12.4. The van der Waals surface area contributed by atoms with Crippen LogP contribution in [-0.2, 0) is 0 Å². The summed E-state index contributed by atoms with van der Waals surface area (Å²) in [4.78, 5) is 1.72. The molecule has 0 radical (unpaired) electrons. The second-order valence-electron chi connectivity index (χ2n) is 4.17. The smallest absolute Gasteiger partial charge is 0.196 e. The number of rotatable bonds is 1. The van der Waals surface area contributed by atoms with E-state index in [0.717, 1.165) is 0 Å². The van der Waals surface area contributed by atoms with Crippen LogP contribution in [0.15, 0.2) is 35.7 Å². The van der Waals surface area contributed by atoms with Crippen molar-refractivity contribution < 1.29 is 9.84 Å². The lowest BCUT2D eigenvalue weighted by Gasteiger charge is -2.24. The third kappa shape index (κ3) is 2.22. The number of ether oxygens (including phenoxy) is 1. The predicted molar refractivity (Wildman–Crippen MR) is 68.7 cm³/mol. The zero-order valence-electron chi connectivity index (χ0n) is 10.5. The molecular formula is C14H11N3O2. The molecule has 5 nitrogen and oxygen atoms in total. The summed E-state index contributed by atoms with van der Waals surface area (Å²) in [6.07, 6.45) is 1.64. The van der Waals surface area contributed by atoms with E-state index in [1.165, 1.54) is 12.1 Å². The first kappa shape index (κ1) is 12.5. The molecule has 2 rings (SSSR count). The van der Waals surface area contributed by atoms with E-state index in [-0.39, 0.29) is 11.3 Å². The van der Waals surface area contributed by atoms with E-state index in [0.29, 0.717) is 22.8 Å². The van der Waals surface area contributed by atoms with Crippen molar-refractivity contribution in [2.24, 2.45) is 0 Å². The molecule has 0 unspecified atom stereocenters. The largest absolute Gasteiger partial charge is 0.508 e. The van der Waals surface area contributed by atoms with Crippen LogP contribution >= 0.6 is 0 Å². The number of hydrogen-bond donors (Lipinski definition) is 1. The number of fused-ring (bicyclic) bond motifs is 1. The van der Waals surface area contributed by atoms with Crippen molar-refractivity contribution in [3.8, 4) is 23.6 Å². The first-order valence-electron chi connectivity index (χ1n) is 5.51. The van der Waals surface area contributed by atoms with Crippen molar-refractivity contribution in [2.45, 2.75) is 0 Å².